The maximum Gasteiger partial charge on any atom is 0.272 e. The predicted molar refractivity (Wildman–Crippen MR) is 106 cm³/mol. The Hall–Kier alpha value is -3.93. The average Bonchev–Trinajstić information content (AvgIpc) is 2.74. The number of hydrogen-bond donors (Lipinski definition) is 2. The number of nitrogens with one attached hydrogen (secondary N) is 2. The van der Waals surface area contributed by atoms with Crippen molar-refractivity contribution in [2.45, 2.75) is 6.54 Å². The number of carbonyl (C=O) groups excluding carboxylic acids is 1. The minimum Gasteiger partial charge on any atom is -0.457 e. The zero-order chi connectivity index (χ0) is 19.3. The molecule has 138 valence electrons. The van der Waals surface area contributed by atoms with Gasteiger partial charge >= 0.3 is 0 Å². The Kier molecular flexibility index (Phi) is 4.84. The SMILES string of the molecule is O=C(NCc1n[nH]c(=O)c2ccccc12)c1ccc(Oc2ccccc2)cc1. The van der Waals surface area contributed by atoms with Gasteiger partial charge in [-0.05, 0) is 42.5 Å². The standard InChI is InChI=1S/C22H17N3O3/c26-21(15-10-12-17(13-11-15)28-16-6-2-1-3-7-16)23-14-20-18-8-4-5-9-19(18)22(27)25-24-20/h1-13H,14H2,(H,23,26)(H,25,27). The number of H-pyrrole nitrogens is 1. The molecule has 0 saturated heterocycles. The van der Waals surface area contributed by atoms with E-state index in [1.54, 1.807) is 36.4 Å². The molecule has 0 fully saturated rings. The summed E-state index contributed by atoms with van der Waals surface area (Å²) in [5, 5.41) is 10.6. The molecule has 28 heavy (non-hydrogen) atoms. The number of fused-ring (bicyclic) bond motifs is 1. The zero-order valence-corrected chi connectivity index (χ0v) is 14.9. The van der Waals surface area contributed by atoms with E-state index < -0.39 is 0 Å². The lowest BCUT2D eigenvalue weighted by Gasteiger charge is -2.08. The van der Waals surface area contributed by atoms with E-state index >= 15 is 0 Å². The average molecular weight is 371 g/mol. The van der Waals surface area contributed by atoms with Crippen LogP contribution >= 0.6 is 0 Å². The van der Waals surface area contributed by atoms with Gasteiger partial charge in [0.2, 0.25) is 0 Å². The molecule has 6 nitrogen and oxygen atoms in total. The second-order valence-electron chi connectivity index (χ2n) is 6.17. The van der Waals surface area contributed by atoms with Crippen molar-refractivity contribution < 1.29 is 9.53 Å². The van der Waals surface area contributed by atoms with Crippen LogP contribution in [0.5, 0.6) is 11.5 Å². The highest BCUT2D eigenvalue weighted by molar-refractivity contribution is 5.94. The van der Waals surface area contributed by atoms with Gasteiger partial charge < -0.3 is 10.1 Å². The number of hydrogen-bond acceptors (Lipinski definition) is 4. The van der Waals surface area contributed by atoms with Gasteiger partial charge in [0.1, 0.15) is 11.5 Å². The first-order valence-electron chi connectivity index (χ1n) is 8.78. The van der Waals surface area contributed by atoms with Crippen LogP contribution in [0.2, 0.25) is 0 Å². The monoisotopic (exact) mass is 371 g/mol. The Morgan fingerprint density at radius 3 is 2.25 bits per heavy atom. The lowest BCUT2D eigenvalue weighted by atomic mass is 10.1. The van der Waals surface area contributed by atoms with Crippen LogP contribution in [-0.2, 0) is 6.54 Å². The highest BCUT2D eigenvalue weighted by atomic mass is 16.5. The van der Waals surface area contributed by atoms with Crippen LogP contribution in [0.3, 0.4) is 0 Å². The number of carbonyl (C=O) groups is 1. The van der Waals surface area contributed by atoms with Crippen molar-refractivity contribution in [2.75, 3.05) is 0 Å². The van der Waals surface area contributed by atoms with Crippen molar-refractivity contribution in [1.29, 1.82) is 0 Å². The van der Waals surface area contributed by atoms with Crippen LogP contribution in [0.15, 0.2) is 83.7 Å². The van der Waals surface area contributed by atoms with Gasteiger partial charge in [-0.3, -0.25) is 9.59 Å². The number of rotatable bonds is 5. The first-order valence-corrected chi connectivity index (χ1v) is 8.78. The normalized spacial score (nSPS) is 10.6. The maximum atomic E-state index is 12.4. The van der Waals surface area contributed by atoms with Crippen molar-refractivity contribution in [2.24, 2.45) is 0 Å². The number of nitrogens with zero attached hydrogens (tertiary/aromatic N) is 1. The van der Waals surface area contributed by atoms with Gasteiger partial charge in [-0.25, -0.2) is 5.10 Å². The van der Waals surface area contributed by atoms with Crippen molar-refractivity contribution >= 4 is 16.7 Å². The Labute approximate surface area is 160 Å². The summed E-state index contributed by atoms with van der Waals surface area (Å²) in [7, 11) is 0. The Morgan fingerprint density at radius 2 is 1.50 bits per heavy atom. The smallest absolute Gasteiger partial charge is 0.272 e. The zero-order valence-electron chi connectivity index (χ0n) is 14.9. The van der Waals surface area contributed by atoms with Crippen molar-refractivity contribution in [3.63, 3.8) is 0 Å². The van der Waals surface area contributed by atoms with E-state index in [4.69, 9.17) is 4.74 Å². The quantitative estimate of drug-likeness (QED) is 0.561. The number of aromatic nitrogens is 2. The summed E-state index contributed by atoms with van der Waals surface area (Å²) in [5.74, 6) is 1.15. The third kappa shape index (κ3) is 3.76. The molecule has 1 amide bonds. The second kappa shape index (κ2) is 7.75. The maximum absolute atomic E-state index is 12.4. The molecule has 0 atom stereocenters. The van der Waals surface area contributed by atoms with Crippen molar-refractivity contribution in [3.05, 3.63) is 100 Å². The molecule has 0 aliphatic heterocycles. The van der Waals surface area contributed by atoms with Crippen LogP contribution < -0.4 is 15.6 Å². The third-order valence-corrected chi connectivity index (χ3v) is 4.29. The molecule has 4 rings (SSSR count). The lowest BCUT2D eigenvalue weighted by molar-refractivity contribution is 0.0950. The lowest BCUT2D eigenvalue weighted by Crippen LogP contribution is -2.24. The van der Waals surface area contributed by atoms with Crippen molar-refractivity contribution in [3.8, 4) is 11.5 Å². The second-order valence-corrected chi connectivity index (χ2v) is 6.17. The molecule has 0 radical (unpaired) electrons. The van der Waals surface area contributed by atoms with Gasteiger partial charge in [-0.15, -0.1) is 0 Å². The summed E-state index contributed by atoms with van der Waals surface area (Å²) in [6.45, 7) is 0.207. The molecular weight excluding hydrogens is 354 g/mol. The number of amides is 1. The molecule has 1 aromatic heterocycles. The molecule has 2 N–H and O–H groups in total. The first-order chi connectivity index (χ1) is 13.7. The van der Waals surface area contributed by atoms with Crippen LogP contribution in [0.25, 0.3) is 10.8 Å². The molecule has 3 aromatic carbocycles. The van der Waals surface area contributed by atoms with Gasteiger partial charge in [0.25, 0.3) is 11.5 Å². The Bertz CT molecular complexity index is 1170. The van der Waals surface area contributed by atoms with Gasteiger partial charge in [-0.2, -0.15) is 5.10 Å². The van der Waals surface area contributed by atoms with E-state index in [0.29, 0.717) is 22.4 Å². The Balaban J connectivity index is 1.44. The van der Waals surface area contributed by atoms with E-state index in [-0.39, 0.29) is 18.0 Å². The van der Waals surface area contributed by atoms with Crippen LogP contribution in [0.4, 0.5) is 0 Å². The highest BCUT2D eigenvalue weighted by Crippen LogP contribution is 2.21. The summed E-state index contributed by atoms with van der Waals surface area (Å²) in [5.41, 5.74) is 0.862. The molecule has 0 unspecified atom stereocenters. The molecule has 0 bridgehead atoms. The van der Waals surface area contributed by atoms with E-state index in [2.05, 4.69) is 15.5 Å². The van der Waals surface area contributed by atoms with Gasteiger partial charge in [0, 0.05) is 10.9 Å². The van der Waals surface area contributed by atoms with Crippen LogP contribution in [0.1, 0.15) is 16.1 Å². The molecule has 0 aliphatic carbocycles. The number of ether oxygens (including phenoxy) is 1. The Morgan fingerprint density at radius 1 is 0.857 bits per heavy atom. The summed E-state index contributed by atoms with van der Waals surface area (Å²) in [6, 6.07) is 23.5. The molecule has 6 heteroatoms. The molecule has 4 aromatic rings. The third-order valence-electron chi connectivity index (χ3n) is 4.29. The molecule has 1 heterocycles. The summed E-state index contributed by atoms with van der Waals surface area (Å²) < 4.78 is 5.73. The summed E-state index contributed by atoms with van der Waals surface area (Å²) in [6.07, 6.45) is 0. The molecular formula is C22H17N3O3. The fraction of sp³-hybridized carbons (Fsp3) is 0.0455. The van der Waals surface area contributed by atoms with E-state index in [0.717, 1.165) is 11.1 Å². The van der Waals surface area contributed by atoms with Gasteiger partial charge in [0.15, 0.2) is 0 Å². The van der Waals surface area contributed by atoms with Crippen LogP contribution in [0, 0.1) is 0 Å². The topological polar surface area (TPSA) is 84.1 Å². The molecule has 0 saturated carbocycles. The minimum absolute atomic E-state index is 0.207. The molecule has 0 spiro atoms. The van der Waals surface area contributed by atoms with Gasteiger partial charge in [-0.1, -0.05) is 36.4 Å². The number of benzene rings is 3. The fourth-order valence-electron chi connectivity index (χ4n) is 2.87. The number of para-hydroxylation sites is 1. The summed E-state index contributed by atoms with van der Waals surface area (Å²) >= 11 is 0. The molecule has 0 aliphatic rings. The summed E-state index contributed by atoms with van der Waals surface area (Å²) in [4.78, 5) is 24.3. The fourth-order valence-corrected chi connectivity index (χ4v) is 2.87. The largest absolute Gasteiger partial charge is 0.457 e. The predicted octanol–water partition coefficient (Wildman–Crippen LogP) is 3.65. The first kappa shape index (κ1) is 17.5. The van der Waals surface area contributed by atoms with E-state index in [9.17, 15) is 9.59 Å². The number of aromatic amines is 1. The van der Waals surface area contributed by atoms with Crippen LogP contribution in [-0.4, -0.2) is 16.1 Å². The van der Waals surface area contributed by atoms with Gasteiger partial charge in [0.05, 0.1) is 17.6 Å². The van der Waals surface area contributed by atoms with E-state index in [1.807, 2.05) is 42.5 Å². The highest BCUT2D eigenvalue weighted by Gasteiger charge is 2.09. The van der Waals surface area contributed by atoms with E-state index in [1.165, 1.54) is 0 Å². The minimum atomic E-state index is -0.250. The van der Waals surface area contributed by atoms with Crippen molar-refractivity contribution in [1.82, 2.24) is 15.5 Å².